The van der Waals surface area contributed by atoms with E-state index in [1.807, 2.05) is 24.3 Å². The van der Waals surface area contributed by atoms with Crippen molar-refractivity contribution in [2.45, 2.75) is 26.2 Å². The van der Waals surface area contributed by atoms with Gasteiger partial charge in [-0.2, -0.15) is 0 Å². The summed E-state index contributed by atoms with van der Waals surface area (Å²) < 4.78 is 0. The summed E-state index contributed by atoms with van der Waals surface area (Å²) in [4.78, 5) is 12.1. The molecule has 0 heterocycles. The monoisotopic (exact) mass is 280 g/mol. The van der Waals surface area contributed by atoms with E-state index in [2.05, 4.69) is 20.8 Å². The van der Waals surface area contributed by atoms with Gasteiger partial charge < -0.3 is 5.11 Å². The maximum absolute atomic E-state index is 12.1. The Morgan fingerprint density at radius 3 is 2.05 bits per heavy atom. The smallest absolute Gasteiger partial charge is 0.185 e. The Hall–Kier alpha value is -2.35. The average Bonchev–Trinajstić information content (AvgIpc) is 2.45. The normalized spacial score (nSPS) is 11.8. The van der Waals surface area contributed by atoms with Gasteiger partial charge in [0.15, 0.2) is 5.78 Å². The van der Waals surface area contributed by atoms with Crippen LogP contribution in [0.5, 0.6) is 5.75 Å². The van der Waals surface area contributed by atoms with Gasteiger partial charge in [-0.1, -0.05) is 63.2 Å². The zero-order valence-electron chi connectivity index (χ0n) is 12.6. The zero-order chi connectivity index (χ0) is 15.5. The van der Waals surface area contributed by atoms with E-state index in [-0.39, 0.29) is 16.9 Å². The van der Waals surface area contributed by atoms with Crippen LogP contribution in [0.4, 0.5) is 0 Å². The second kappa shape index (κ2) is 5.96. The molecule has 0 radical (unpaired) electrons. The Morgan fingerprint density at radius 2 is 1.52 bits per heavy atom. The highest BCUT2D eigenvalue weighted by molar-refractivity contribution is 6.06. The zero-order valence-corrected chi connectivity index (χ0v) is 12.6. The molecule has 0 atom stereocenters. The molecule has 108 valence electrons. The highest BCUT2D eigenvalue weighted by Gasteiger charge is 2.13. The SMILES string of the molecule is CC(C)(C)c1ccc(C(=O)C=Cc2ccc(O)cc2)cc1. The number of aromatic hydroxyl groups is 1. The Labute approximate surface area is 125 Å². The van der Waals surface area contributed by atoms with Gasteiger partial charge in [0.1, 0.15) is 5.75 Å². The van der Waals surface area contributed by atoms with Gasteiger partial charge >= 0.3 is 0 Å². The van der Waals surface area contributed by atoms with Gasteiger partial charge in [0, 0.05) is 5.56 Å². The number of carbonyl (C=O) groups is 1. The summed E-state index contributed by atoms with van der Waals surface area (Å²) in [6, 6.07) is 14.5. The van der Waals surface area contributed by atoms with E-state index >= 15 is 0 Å². The van der Waals surface area contributed by atoms with E-state index in [0.717, 1.165) is 5.56 Å². The lowest BCUT2D eigenvalue weighted by atomic mass is 9.86. The number of hydrogen-bond donors (Lipinski definition) is 1. The summed E-state index contributed by atoms with van der Waals surface area (Å²) in [5.74, 6) is 0.194. The van der Waals surface area contributed by atoms with Crippen molar-refractivity contribution in [2.24, 2.45) is 0 Å². The van der Waals surface area contributed by atoms with Crippen molar-refractivity contribution in [1.82, 2.24) is 0 Å². The van der Waals surface area contributed by atoms with E-state index in [1.54, 1.807) is 36.4 Å². The Balaban J connectivity index is 2.11. The number of ketones is 1. The third-order valence-corrected chi connectivity index (χ3v) is 3.36. The first-order chi connectivity index (χ1) is 9.86. The number of phenols is 1. The van der Waals surface area contributed by atoms with Crippen LogP contribution in [0.25, 0.3) is 6.08 Å². The molecule has 21 heavy (non-hydrogen) atoms. The first-order valence-electron chi connectivity index (χ1n) is 6.98. The van der Waals surface area contributed by atoms with Crippen LogP contribution in [0.2, 0.25) is 0 Å². The second-order valence-electron chi connectivity index (χ2n) is 6.12. The molecule has 1 N–H and O–H groups in total. The van der Waals surface area contributed by atoms with E-state index in [9.17, 15) is 9.90 Å². The topological polar surface area (TPSA) is 37.3 Å². The molecule has 0 amide bonds. The summed E-state index contributed by atoms with van der Waals surface area (Å²) in [6.07, 6.45) is 3.30. The van der Waals surface area contributed by atoms with Gasteiger partial charge in [-0.05, 0) is 34.8 Å². The lowest BCUT2D eigenvalue weighted by Crippen LogP contribution is -2.11. The maximum atomic E-state index is 12.1. The summed E-state index contributed by atoms with van der Waals surface area (Å²) in [5, 5.41) is 9.21. The number of allylic oxidation sites excluding steroid dienone is 1. The lowest BCUT2D eigenvalue weighted by Gasteiger charge is -2.18. The van der Waals surface area contributed by atoms with Crippen LogP contribution in [-0.4, -0.2) is 10.9 Å². The van der Waals surface area contributed by atoms with Crippen LogP contribution in [0.15, 0.2) is 54.6 Å². The quantitative estimate of drug-likeness (QED) is 0.659. The fraction of sp³-hybridized carbons (Fsp3) is 0.211. The van der Waals surface area contributed by atoms with Crippen molar-refractivity contribution >= 4 is 11.9 Å². The van der Waals surface area contributed by atoms with E-state index in [0.29, 0.717) is 5.56 Å². The molecule has 2 nitrogen and oxygen atoms in total. The van der Waals surface area contributed by atoms with E-state index < -0.39 is 0 Å². The minimum atomic E-state index is -0.0245. The molecule has 2 aromatic rings. The molecular weight excluding hydrogens is 260 g/mol. The van der Waals surface area contributed by atoms with Crippen molar-refractivity contribution in [3.63, 3.8) is 0 Å². The van der Waals surface area contributed by atoms with Crippen LogP contribution in [0, 0.1) is 0 Å². The molecular formula is C19H20O2. The Kier molecular flexibility index (Phi) is 4.27. The molecule has 0 saturated carbocycles. The van der Waals surface area contributed by atoms with Crippen LogP contribution >= 0.6 is 0 Å². The molecule has 0 aliphatic carbocycles. The van der Waals surface area contributed by atoms with E-state index in [4.69, 9.17) is 0 Å². The maximum Gasteiger partial charge on any atom is 0.185 e. The van der Waals surface area contributed by atoms with Crippen LogP contribution < -0.4 is 0 Å². The fourth-order valence-corrected chi connectivity index (χ4v) is 1.99. The summed E-state index contributed by atoms with van der Waals surface area (Å²) in [7, 11) is 0. The number of benzene rings is 2. The van der Waals surface area contributed by atoms with Crippen molar-refractivity contribution in [3.05, 3.63) is 71.3 Å². The molecule has 2 aromatic carbocycles. The van der Waals surface area contributed by atoms with Gasteiger partial charge in [-0.3, -0.25) is 4.79 Å². The number of carbonyl (C=O) groups excluding carboxylic acids is 1. The first kappa shape index (κ1) is 15.0. The first-order valence-corrected chi connectivity index (χ1v) is 6.98. The number of rotatable bonds is 3. The Morgan fingerprint density at radius 1 is 0.952 bits per heavy atom. The van der Waals surface area contributed by atoms with Crippen molar-refractivity contribution in [2.75, 3.05) is 0 Å². The van der Waals surface area contributed by atoms with Gasteiger partial charge in [-0.15, -0.1) is 0 Å². The minimum Gasteiger partial charge on any atom is -0.508 e. The van der Waals surface area contributed by atoms with Crippen LogP contribution in [-0.2, 0) is 5.41 Å². The largest absolute Gasteiger partial charge is 0.508 e. The molecule has 0 fully saturated rings. The second-order valence-corrected chi connectivity index (χ2v) is 6.12. The summed E-state index contributed by atoms with van der Waals surface area (Å²) in [6.45, 7) is 6.44. The van der Waals surface area contributed by atoms with Crippen LogP contribution in [0.3, 0.4) is 0 Å². The van der Waals surface area contributed by atoms with Crippen molar-refractivity contribution in [3.8, 4) is 5.75 Å². The molecule has 0 saturated heterocycles. The third-order valence-electron chi connectivity index (χ3n) is 3.36. The predicted octanol–water partition coefficient (Wildman–Crippen LogP) is 4.59. The standard InChI is InChI=1S/C19H20O2/c1-19(2,3)16-9-7-15(8-10-16)18(21)13-6-14-4-11-17(20)12-5-14/h4-13,20H,1-3H3. The molecule has 0 aliphatic rings. The summed E-state index contributed by atoms with van der Waals surface area (Å²) >= 11 is 0. The van der Waals surface area contributed by atoms with Crippen LogP contribution in [0.1, 0.15) is 42.3 Å². The third kappa shape index (κ3) is 4.06. The highest BCUT2D eigenvalue weighted by Crippen LogP contribution is 2.22. The minimum absolute atomic E-state index is 0.0245. The molecule has 0 unspecified atom stereocenters. The molecule has 2 heteroatoms. The highest BCUT2D eigenvalue weighted by atomic mass is 16.3. The van der Waals surface area contributed by atoms with Crippen molar-refractivity contribution in [1.29, 1.82) is 0 Å². The van der Waals surface area contributed by atoms with E-state index in [1.165, 1.54) is 5.56 Å². The molecule has 0 spiro atoms. The van der Waals surface area contributed by atoms with Gasteiger partial charge in [0.05, 0.1) is 0 Å². The lowest BCUT2D eigenvalue weighted by molar-refractivity contribution is 0.104. The number of phenolic OH excluding ortho intramolecular Hbond substituents is 1. The predicted molar refractivity (Wildman–Crippen MR) is 86.6 cm³/mol. The molecule has 0 aliphatic heterocycles. The molecule has 0 aromatic heterocycles. The van der Waals surface area contributed by atoms with Gasteiger partial charge in [0.25, 0.3) is 0 Å². The molecule has 0 bridgehead atoms. The molecule has 2 rings (SSSR count). The number of hydrogen-bond acceptors (Lipinski definition) is 2. The summed E-state index contributed by atoms with van der Waals surface area (Å²) in [5.41, 5.74) is 2.86. The van der Waals surface area contributed by atoms with Gasteiger partial charge in [0.2, 0.25) is 0 Å². The Bertz CT molecular complexity index is 641. The average molecular weight is 280 g/mol. The van der Waals surface area contributed by atoms with Crippen molar-refractivity contribution < 1.29 is 9.90 Å². The van der Waals surface area contributed by atoms with Gasteiger partial charge in [-0.25, -0.2) is 0 Å². The fourth-order valence-electron chi connectivity index (χ4n) is 1.99.